The molecule has 1 amide bonds. The molecule has 0 saturated heterocycles. The second-order valence-corrected chi connectivity index (χ2v) is 7.63. The van der Waals surface area contributed by atoms with Crippen LogP contribution in [0.1, 0.15) is 29.0 Å². The molecule has 0 fully saturated rings. The van der Waals surface area contributed by atoms with Gasteiger partial charge in [-0.15, -0.1) is 0 Å². The lowest BCUT2D eigenvalue weighted by Gasteiger charge is -2.17. The van der Waals surface area contributed by atoms with Gasteiger partial charge in [0.2, 0.25) is 5.91 Å². The fraction of sp³-hybridized carbons (Fsp3) is 0.125. The molecule has 3 aromatic carbocycles. The zero-order valence-corrected chi connectivity index (χ0v) is 16.2. The van der Waals surface area contributed by atoms with Crippen LogP contribution in [-0.2, 0) is 11.3 Å². The van der Waals surface area contributed by atoms with E-state index in [-0.39, 0.29) is 23.9 Å². The third-order valence-electron chi connectivity index (χ3n) is 5.71. The Bertz CT molecular complexity index is 1230. The molecule has 6 heteroatoms. The Hall–Kier alpha value is -3.45. The van der Waals surface area contributed by atoms with E-state index < -0.39 is 5.23 Å². The first-order valence-electron chi connectivity index (χ1n) is 9.89. The number of carbonyl (C=O) groups excluding carboxylic acids is 1. The van der Waals surface area contributed by atoms with E-state index in [4.69, 9.17) is 0 Å². The second-order valence-electron chi connectivity index (χ2n) is 7.63. The summed E-state index contributed by atoms with van der Waals surface area (Å²) < 4.78 is 2.20. The first kappa shape index (κ1) is 18.6. The highest BCUT2D eigenvalue weighted by atomic mass is 16.8. The van der Waals surface area contributed by atoms with Crippen molar-refractivity contribution in [2.75, 3.05) is 5.32 Å². The molecule has 1 aromatic heterocycles. The number of rotatable bonds is 4. The van der Waals surface area contributed by atoms with Crippen molar-refractivity contribution in [3.05, 3.63) is 101 Å². The Morgan fingerprint density at radius 1 is 1.07 bits per heavy atom. The van der Waals surface area contributed by atoms with E-state index >= 15 is 0 Å². The van der Waals surface area contributed by atoms with Crippen molar-refractivity contribution in [3.63, 3.8) is 0 Å². The molecule has 4 aromatic rings. The summed E-state index contributed by atoms with van der Waals surface area (Å²) >= 11 is 0. The minimum absolute atomic E-state index is 0.0703. The molecule has 1 aliphatic heterocycles. The predicted molar refractivity (Wildman–Crippen MR) is 115 cm³/mol. The monoisotopic (exact) mass is 399 g/mol. The van der Waals surface area contributed by atoms with Gasteiger partial charge in [-0.05, 0) is 28.8 Å². The van der Waals surface area contributed by atoms with E-state index in [2.05, 4.69) is 34.3 Å². The van der Waals surface area contributed by atoms with Crippen molar-refractivity contribution in [3.8, 4) is 0 Å². The molecule has 150 valence electrons. The highest BCUT2D eigenvalue weighted by Crippen LogP contribution is 2.41. The molecule has 30 heavy (non-hydrogen) atoms. The topological polar surface area (TPSA) is 81.8 Å². The quantitative estimate of drug-likeness (QED) is 0.459. The van der Waals surface area contributed by atoms with Gasteiger partial charge >= 0.3 is 0 Å². The standard InChI is InChI=1S/C24H21N3O3/c28-23-13-19(17-8-4-9-18(12-17)27(29)30)20-15-26(14-16-6-2-1-3-7-16)22-11-5-10-21(25-23)24(20)22/h1-12,15,19,27,29H,13-14H2,(H,25,28). The van der Waals surface area contributed by atoms with Crippen molar-refractivity contribution in [1.29, 1.82) is 0 Å². The van der Waals surface area contributed by atoms with Crippen LogP contribution in [0.5, 0.6) is 0 Å². The molecule has 0 radical (unpaired) electrons. The molecule has 0 saturated carbocycles. The largest absolute Gasteiger partial charge is 0.595 e. The van der Waals surface area contributed by atoms with Gasteiger partial charge in [-0.25, -0.2) is 5.21 Å². The van der Waals surface area contributed by atoms with Crippen LogP contribution >= 0.6 is 0 Å². The van der Waals surface area contributed by atoms with Gasteiger partial charge in [0.15, 0.2) is 5.69 Å². The summed E-state index contributed by atoms with van der Waals surface area (Å²) in [4.78, 5) is 12.6. The lowest BCUT2D eigenvalue weighted by atomic mass is 9.88. The Kier molecular flexibility index (Phi) is 4.59. The van der Waals surface area contributed by atoms with Crippen LogP contribution in [0.25, 0.3) is 10.9 Å². The second kappa shape index (κ2) is 7.42. The Morgan fingerprint density at radius 3 is 2.67 bits per heavy atom. The number of hydrogen-bond acceptors (Lipinski definition) is 3. The first-order valence-corrected chi connectivity index (χ1v) is 9.89. The average Bonchev–Trinajstić information content (AvgIpc) is 3.04. The molecule has 1 aliphatic rings. The van der Waals surface area contributed by atoms with Gasteiger partial charge in [0, 0.05) is 42.6 Å². The summed E-state index contributed by atoms with van der Waals surface area (Å²) in [5.41, 5.74) is 5.14. The van der Waals surface area contributed by atoms with Gasteiger partial charge in [-0.1, -0.05) is 48.5 Å². The Balaban J connectivity index is 1.68. The fourth-order valence-corrected chi connectivity index (χ4v) is 4.35. The van der Waals surface area contributed by atoms with Crippen LogP contribution in [0.3, 0.4) is 0 Å². The fourth-order valence-electron chi connectivity index (χ4n) is 4.35. The van der Waals surface area contributed by atoms with Crippen LogP contribution in [0.2, 0.25) is 0 Å². The van der Waals surface area contributed by atoms with E-state index in [1.807, 2.05) is 36.4 Å². The smallest absolute Gasteiger partial charge is 0.225 e. The lowest BCUT2D eigenvalue weighted by molar-refractivity contribution is -0.991. The Labute approximate surface area is 173 Å². The van der Waals surface area contributed by atoms with Gasteiger partial charge < -0.3 is 15.1 Å². The number of quaternary nitrogens is 1. The molecule has 5 rings (SSSR count). The zero-order chi connectivity index (χ0) is 20.7. The maximum Gasteiger partial charge on any atom is 0.225 e. The van der Waals surface area contributed by atoms with Gasteiger partial charge in [0.1, 0.15) is 0 Å². The van der Waals surface area contributed by atoms with Crippen molar-refractivity contribution >= 4 is 28.2 Å². The maximum atomic E-state index is 12.6. The third-order valence-corrected chi connectivity index (χ3v) is 5.71. The van der Waals surface area contributed by atoms with E-state index in [9.17, 15) is 15.2 Å². The van der Waals surface area contributed by atoms with Gasteiger partial charge in [-0.2, -0.15) is 5.23 Å². The number of hydrogen-bond donors (Lipinski definition) is 3. The first-order chi connectivity index (χ1) is 14.6. The molecule has 6 nitrogen and oxygen atoms in total. The van der Waals surface area contributed by atoms with Crippen molar-refractivity contribution < 1.29 is 15.2 Å². The lowest BCUT2D eigenvalue weighted by Crippen LogP contribution is -2.99. The van der Waals surface area contributed by atoms with Crippen molar-refractivity contribution in [1.82, 2.24) is 4.57 Å². The number of anilines is 1. The van der Waals surface area contributed by atoms with Crippen molar-refractivity contribution in [2.45, 2.75) is 18.9 Å². The number of amides is 1. The van der Waals surface area contributed by atoms with Gasteiger partial charge in [0.25, 0.3) is 0 Å². The summed E-state index contributed by atoms with van der Waals surface area (Å²) in [6, 6.07) is 23.1. The van der Waals surface area contributed by atoms with E-state index in [0.29, 0.717) is 0 Å². The summed E-state index contributed by atoms with van der Waals surface area (Å²) in [6.45, 7) is 0.719. The van der Waals surface area contributed by atoms with Crippen LogP contribution < -0.4 is 10.5 Å². The van der Waals surface area contributed by atoms with Crippen LogP contribution in [0, 0.1) is 5.21 Å². The Morgan fingerprint density at radius 2 is 1.87 bits per heavy atom. The summed E-state index contributed by atoms with van der Waals surface area (Å²) in [7, 11) is 0. The molecule has 0 aliphatic carbocycles. The van der Waals surface area contributed by atoms with E-state index in [1.165, 1.54) is 5.56 Å². The molecule has 0 spiro atoms. The minimum atomic E-state index is -0.970. The maximum absolute atomic E-state index is 12.6. The summed E-state index contributed by atoms with van der Waals surface area (Å²) in [5, 5.41) is 24.0. The molecule has 3 N–H and O–H groups in total. The minimum Gasteiger partial charge on any atom is -0.595 e. The average molecular weight is 399 g/mol. The third kappa shape index (κ3) is 3.27. The number of aromatic nitrogens is 1. The molecule has 2 atom stereocenters. The van der Waals surface area contributed by atoms with Crippen LogP contribution in [0.15, 0.2) is 79.0 Å². The highest BCUT2D eigenvalue weighted by molar-refractivity contribution is 6.06. The normalized spacial score (nSPS) is 16.9. The summed E-state index contributed by atoms with van der Waals surface area (Å²) in [5.74, 6) is -0.286. The van der Waals surface area contributed by atoms with E-state index in [0.717, 1.165) is 34.3 Å². The van der Waals surface area contributed by atoms with Gasteiger partial charge in [-0.3, -0.25) is 4.79 Å². The number of carbonyl (C=O) groups is 1. The molecular formula is C24H21N3O3. The number of benzene rings is 3. The number of nitrogens with one attached hydrogen (secondary N) is 2. The van der Waals surface area contributed by atoms with Gasteiger partial charge in [0.05, 0.1) is 11.2 Å². The molecule has 0 bridgehead atoms. The summed E-state index contributed by atoms with van der Waals surface area (Å²) in [6.07, 6.45) is 2.38. The molecule has 2 unspecified atom stereocenters. The van der Waals surface area contributed by atoms with Crippen LogP contribution in [0.4, 0.5) is 11.4 Å². The molecular weight excluding hydrogens is 378 g/mol. The predicted octanol–water partition coefficient (Wildman–Crippen LogP) is 3.57. The number of nitrogens with zero attached hydrogens (tertiary/aromatic N) is 1. The van der Waals surface area contributed by atoms with Crippen molar-refractivity contribution in [2.24, 2.45) is 0 Å². The zero-order valence-electron chi connectivity index (χ0n) is 16.2. The van der Waals surface area contributed by atoms with E-state index in [1.54, 1.807) is 18.2 Å². The van der Waals surface area contributed by atoms with Crippen LogP contribution in [-0.4, -0.2) is 15.7 Å². The SMILES string of the molecule is O=C1CC(c2cccc([NH+]([O-])O)c2)c2cn(Cc3ccccc3)c3cccc(c23)N1. The highest BCUT2D eigenvalue weighted by Gasteiger charge is 2.28. The molecule has 2 heterocycles.